The Morgan fingerprint density at radius 1 is 1.26 bits per heavy atom. The molecule has 1 aliphatic heterocycles. The van der Waals surface area contributed by atoms with Gasteiger partial charge in [-0.3, -0.25) is 14.9 Å². The average Bonchev–Trinajstić information content (AvgIpc) is 3.15. The Morgan fingerprint density at radius 2 is 2.00 bits per heavy atom. The highest BCUT2D eigenvalue weighted by molar-refractivity contribution is 5.99. The summed E-state index contributed by atoms with van der Waals surface area (Å²) >= 11 is 0. The van der Waals surface area contributed by atoms with Gasteiger partial charge in [-0.05, 0) is 30.0 Å². The molecule has 0 saturated heterocycles. The Hall–Kier alpha value is -3.86. The monoisotopic (exact) mass is 419 g/mol. The molecule has 0 radical (unpaired) electrons. The van der Waals surface area contributed by atoms with E-state index in [2.05, 4.69) is 6.07 Å². The lowest BCUT2D eigenvalue weighted by Gasteiger charge is -2.36. The van der Waals surface area contributed by atoms with Crippen LogP contribution >= 0.6 is 0 Å². The van der Waals surface area contributed by atoms with E-state index in [1.165, 1.54) is 12.1 Å². The predicted molar refractivity (Wildman–Crippen MR) is 111 cm³/mol. The molecule has 0 bridgehead atoms. The molecule has 2 heterocycles. The van der Waals surface area contributed by atoms with Crippen LogP contribution in [0.3, 0.4) is 0 Å². The van der Waals surface area contributed by atoms with E-state index in [9.17, 15) is 20.2 Å². The van der Waals surface area contributed by atoms with Crippen LogP contribution in [0.2, 0.25) is 0 Å². The van der Waals surface area contributed by atoms with Crippen molar-refractivity contribution in [2.75, 3.05) is 0 Å². The summed E-state index contributed by atoms with van der Waals surface area (Å²) < 4.78 is 11.7. The van der Waals surface area contributed by atoms with Gasteiger partial charge in [-0.2, -0.15) is 5.26 Å². The number of allylic oxidation sites excluding steroid dienone is 3. The summed E-state index contributed by atoms with van der Waals surface area (Å²) in [6, 6.07) is 9.93. The van der Waals surface area contributed by atoms with Crippen molar-refractivity contribution in [1.82, 2.24) is 0 Å². The molecule has 1 aromatic heterocycles. The summed E-state index contributed by atoms with van der Waals surface area (Å²) in [5.74, 6) is 0.313. The number of furan rings is 1. The lowest BCUT2D eigenvalue weighted by molar-refractivity contribution is -0.384. The topological polar surface area (TPSA) is 132 Å². The zero-order valence-electron chi connectivity index (χ0n) is 17.4. The first-order chi connectivity index (χ1) is 14.6. The van der Waals surface area contributed by atoms with Crippen molar-refractivity contribution in [3.63, 3.8) is 0 Å². The minimum atomic E-state index is -0.773. The largest absolute Gasteiger partial charge is 0.460 e. The Morgan fingerprint density at radius 3 is 2.68 bits per heavy atom. The molecule has 158 valence electrons. The van der Waals surface area contributed by atoms with Crippen LogP contribution in [0.4, 0.5) is 5.69 Å². The molecule has 1 atom stereocenters. The Bertz CT molecular complexity index is 1230. The molecule has 1 unspecified atom stereocenters. The van der Waals surface area contributed by atoms with E-state index in [1.54, 1.807) is 18.2 Å². The number of benzene rings is 1. The number of hydrogen-bond donors (Lipinski definition) is 1. The first kappa shape index (κ1) is 20.4. The summed E-state index contributed by atoms with van der Waals surface area (Å²) in [4.78, 5) is 23.7. The molecular weight excluding hydrogens is 398 g/mol. The minimum Gasteiger partial charge on any atom is -0.460 e. The number of nitro groups is 1. The van der Waals surface area contributed by atoms with Crippen LogP contribution in [-0.2, 0) is 9.53 Å². The van der Waals surface area contributed by atoms with E-state index in [4.69, 9.17) is 14.9 Å². The number of ketones is 1. The fourth-order valence-electron chi connectivity index (χ4n) is 4.21. The number of rotatable bonds is 3. The molecule has 31 heavy (non-hydrogen) atoms. The molecule has 2 aliphatic rings. The zero-order valence-corrected chi connectivity index (χ0v) is 17.4. The number of hydrogen-bond acceptors (Lipinski definition) is 7. The van der Waals surface area contributed by atoms with Gasteiger partial charge in [0.15, 0.2) is 5.78 Å². The Kier molecular flexibility index (Phi) is 4.69. The first-order valence-corrected chi connectivity index (χ1v) is 9.80. The molecule has 1 aliphatic carbocycles. The van der Waals surface area contributed by atoms with E-state index < -0.39 is 10.8 Å². The van der Waals surface area contributed by atoms with Crippen LogP contribution in [0.1, 0.15) is 43.9 Å². The molecule has 2 N–H and O–H groups in total. The van der Waals surface area contributed by atoms with Crippen LogP contribution in [0.5, 0.6) is 0 Å². The summed E-state index contributed by atoms with van der Waals surface area (Å²) in [5, 5.41) is 20.9. The van der Waals surface area contributed by atoms with E-state index in [0.717, 1.165) is 5.56 Å². The summed E-state index contributed by atoms with van der Waals surface area (Å²) in [7, 11) is 0. The number of nitrogens with two attached hydrogens (primary N) is 1. The first-order valence-electron chi connectivity index (χ1n) is 9.80. The van der Waals surface area contributed by atoms with Gasteiger partial charge < -0.3 is 14.9 Å². The Balaban J connectivity index is 1.83. The highest BCUT2D eigenvalue weighted by Gasteiger charge is 2.44. The second kappa shape index (κ2) is 7.13. The quantitative estimate of drug-likeness (QED) is 0.567. The number of Topliss-reactive ketones (excluding diaryl/α,β-unsaturated/α-hetero) is 1. The zero-order chi connectivity index (χ0) is 22.5. The maximum Gasteiger partial charge on any atom is 0.270 e. The number of carbonyl (C=O) groups excluding carboxylic acids is 1. The number of non-ortho nitro benzene ring substituents is 1. The molecule has 0 fully saturated rings. The van der Waals surface area contributed by atoms with Gasteiger partial charge in [0.05, 0.1) is 10.8 Å². The predicted octanol–water partition coefficient (Wildman–Crippen LogP) is 4.61. The fourth-order valence-corrected chi connectivity index (χ4v) is 4.21. The molecule has 1 aromatic carbocycles. The number of nitriles is 1. The van der Waals surface area contributed by atoms with Crippen LogP contribution in [0, 0.1) is 33.8 Å². The fraction of sp³-hybridized carbons (Fsp3) is 0.304. The van der Waals surface area contributed by atoms with Crippen molar-refractivity contribution in [2.45, 2.75) is 39.5 Å². The van der Waals surface area contributed by atoms with E-state index in [0.29, 0.717) is 41.3 Å². The van der Waals surface area contributed by atoms with E-state index in [1.807, 2.05) is 20.8 Å². The van der Waals surface area contributed by atoms with Gasteiger partial charge in [0.25, 0.3) is 5.69 Å². The lowest BCUT2D eigenvalue weighted by atomic mass is 9.71. The molecule has 0 saturated carbocycles. The van der Waals surface area contributed by atoms with Crippen molar-refractivity contribution in [3.05, 3.63) is 74.6 Å². The molecule has 8 nitrogen and oxygen atoms in total. The molecule has 0 spiro atoms. The summed E-state index contributed by atoms with van der Waals surface area (Å²) in [6.45, 7) is 5.77. The van der Waals surface area contributed by atoms with Gasteiger partial charge in [-0.25, -0.2) is 0 Å². The van der Waals surface area contributed by atoms with Gasteiger partial charge in [-0.1, -0.05) is 19.9 Å². The number of ether oxygens (including phenoxy) is 1. The third kappa shape index (κ3) is 3.48. The third-order valence-corrected chi connectivity index (χ3v) is 5.68. The van der Waals surface area contributed by atoms with Crippen LogP contribution < -0.4 is 5.73 Å². The normalized spacial score (nSPS) is 20.2. The van der Waals surface area contributed by atoms with Crippen molar-refractivity contribution >= 4 is 11.5 Å². The summed E-state index contributed by atoms with van der Waals surface area (Å²) in [5.41, 5.74) is 7.56. The SMILES string of the molecule is Cc1ccc([N+](=O)[O-])cc1-c1ccc(C2C(C#N)=C(N)OC3=C2C(=O)CC(C)(C)C3)o1. The second-order valence-electron chi connectivity index (χ2n) is 8.66. The van der Waals surface area contributed by atoms with E-state index >= 15 is 0 Å². The van der Waals surface area contributed by atoms with Gasteiger partial charge >= 0.3 is 0 Å². The van der Waals surface area contributed by atoms with Crippen molar-refractivity contribution in [3.8, 4) is 17.4 Å². The van der Waals surface area contributed by atoms with Gasteiger partial charge in [0, 0.05) is 36.1 Å². The summed E-state index contributed by atoms with van der Waals surface area (Å²) in [6.07, 6.45) is 0.837. The third-order valence-electron chi connectivity index (χ3n) is 5.68. The van der Waals surface area contributed by atoms with Crippen LogP contribution in [0.15, 0.2) is 57.5 Å². The highest BCUT2D eigenvalue weighted by Crippen LogP contribution is 2.48. The minimum absolute atomic E-state index is 0.0405. The maximum atomic E-state index is 13.0. The van der Waals surface area contributed by atoms with Crippen molar-refractivity contribution < 1.29 is 18.9 Å². The standard InChI is InChI=1S/C23H21N3O5/c1-12-4-5-13(26(28)29)8-14(12)17-6-7-18(30-17)20-15(11-24)22(25)31-19-10-23(2,3)9-16(27)21(19)20/h4-8,20H,9-10,25H2,1-3H3. The number of carbonyl (C=O) groups is 1. The smallest absolute Gasteiger partial charge is 0.270 e. The number of nitro benzene ring substituents is 1. The van der Waals surface area contributed by atoms with Gasteiger partial charge in [-0.15, -0.1) is 0 Å². The highest BCUT2D eigenvalue weighted by atomic mass is 16.6. The number of nitrogens with zero attached hydrogens (tertiary/aromatic N) is 2. The molecular formula is C23H21N3O5. The van der Waals surface area contributed by atoms with Gasteiger partial charge in [0.1, 0.15) is 28.9 Å². The van der Waals surface area contributed by atoms with Gasteiger partial charge in [0.2, 0.25) is 5.88 Å². The second-order valence-corrected chi connectivity index (χ2v) is 8.66. The molecule has 2 aromatic rings. The van der Waals surface area contributed by atoms with Crippen LogP contribution in [0.25, 0.3) is 11.3 Å². The molecule has 8 heteroatoms. The number of aryl methyl sites for hydroxylation is 1. The van der Waals surface area contributed by atoms with Crippen LogP contribution in [-0.4, -0.2) is 10.7 Å². The van der Waals surface area contributed by atoms with Crippen molar-refractivity contribution in [1.29, 1.82) is 5.26 Å². The molecule has 0 amide bonds. The maximum absolute atomic E-state index is 13.0. The molecule has 4 rings (SSSR count). The van der Waals surface area contributed by atoms with E-state index in [-0.39, 0.29) is 28.3 Å². The van der Waals surface area contributed by atoms with Crippen molar-refractivity contribution in [2.24, 2.45) is 11.1 Å². The Labute approximate surface area is 178 Å². The lowest BCUT2D eigenvalue weighted by Crippen LogP contribution is -2.33. The average molecular weight is 419 g/mol.